The van der Waals surface area contributed by atoms with Gasteiger partial charge in [0.25, 0.3) is 0 Å². The second kappa shape index (κ2) is 32.0. The van der Waals surface area contributed by atoms with Crippen LogP contribution in [0.4, 0.5) is 65.9 Å². The number of ether oxygens (including phenoxy) is 2. The molecular weight excluding hydrogens is 817 g/mol. The summed E-state index contributed by atoms with van der Waals surface area (Å²) in [4.78, 5) is 31.9. The van der Waals surface area contributed by atoms with Gasteiger partial charge >= 0.3 is 54.2 Å². The van der Waals surface area contributed by atoms with E-state index in [0.717, 1.165) is 7.11 Å². The lowest BCUT2D eigenvalue weighted by Crippen LogP contribution is -2.36. The number of unbranched alkanes of at least 4 members (excludes halogenated alkanes) is 11. The van der Waals surface area contributed by atoms with Gasteiger partial charge in [-0.1, -0.05) is 51.0 Å². The van der Waals surface area contributed by atoms with Crippen molar-refractivity contribution in [2.75, 3.05) is 20.3 Å². The van der Waals surface area contributed by atoms with E-state index in [1.165, 1.54) is 12.2 Å². The minimum Gasteiger partial charge on any atom is -0.481 e. The van der Waals surface area contributed by atoms with Crippen molar-refractivity contribution >= 4 is 17.9 Å². The summed E-state index contributed by atoms with van der Waals surface area (Å²) in [5.41, 5.74) is 0. The molecular formula is C35H55F15O7. The standard InChI is InChI=1S/C12H19F5O2.C12H17F5O2.C10H15F5O2.CH4O/c2*1-2-19-10(18)8-6-4-3-5-7-9-11(13,14)12(15,16)17;11-9(12,10(13,14)15)7-5-3-1-2-4-6-8(16)17;1-2/h2-9H2,1H3;6,8H,2-5,7,9H2,1H3;1-7H2,(H,16,17);2H,1H3/b;8-6+;;. The van der Waals surface area contributed by atoms with E-state index in [1.54, 1.807) is 13.8 Å². The van der Waals surface area contributed by atoms with E-state index in [0.29, 0.717) is 64.4 Å². The number of carbonyl (C=O) groups is 3. The molecule has 2 N–H and O–H groups in total. The lowest BCUT2D eigenvalue weighted by molar-refractivity contribution is -0.284. The Morgan fingerprint density at radius 2 is 0.789 bits per heavy atom. The van der Waals surface area contributed by atoms with Gasteiger partial charge in [-0.05, 0) is 58.8 Å². The molecule has 0 bridgehead atoms. The first-order valence-corrected chi connectivity index (χ1v) is 18.1. The van der Waals surface area contributed by atoms with Crippen molar-refractivity contribution in [3.63, 3.8) is 0 Å². The highest BCUT2D eigenvalue weighted by atomic mass is 19.4. The number of halogens is 15. The first kappa shape index (κ1) is 60.7. The lowest BCUT2D eigenvalue weighted by Gasteiger charge is -2.19. The Morgan fingerprint density at radius 3 is 1.12 bits per heavy atom. The number of carbonyl (C=O) groups excluding carboxylic acids is 2. The van der Waals surface area contributed by atoms with Crippen LogP contribution < -0.4 is 0 Å². The Kier molecular flexibility index (Phi) is 34.1. The van der Waals surface area contributed by atoms with Crippen molar-refractivity contribution in [2.24, 2.45) is 0 Å². The van der Waals surface area contributed by atoms with Crippen LogP contribution in [0.25, 0.3) is 0 Å². The molecule has 0 atom stereocenters. The molecule has 0 aromatic rings. The third-order valence-electron chi connectivity index (χ3n) is 7.20. The van der Waals surface area contributed by atoms with Crippen LogP contribution in [0.1, 0.15) is 136 Å². The summed E-state index contributed by atoms with van der Waals surface area (Å²) in [5.74, 6) is -15.6. The van der Waals surface area contributed by atoms with Gasteiger partial charge in [-0.3, -0.25) is 9.59 Å². The number of aliphatic hydroxyl groups excluding tert-OH is 1. The molecule has 57 heavy (non-hydrogen) atoms. The van der Waals surface area contributed by atoms with Gasteiger partial charge in [0.1, 0.15) is 0 Å². The molecule has 0 radical (unpaired) electrons. The maximum Gasteiger partial charge on any atom is 0.453 e. The van der Waals surface area contributed by atoms with E-state index >= 15 is 0 Å². The zero-order chi connectivity index (χ0) is 45.4. The highest BCUT2D eigenvalue weighted by Crippen LogP contribution is 2.41. The van der Waals surface area contributed by atoms with Gasteiger partial charge in [-0.2, -0.15) is 65.9 Å². The maximum atomic E-state index is 12.5. The molecule has 0 saturated carbocycles. The molecule has 0 heterocycles. The average Bonchev–Trinajstić information content (AvgIpc) is 3.07. The summed E-state index contributed by atoms with van der Waals surface area (Å²) in [6.45, 7) is 3.92. The van der Waals surface area contributed by atoms with E-state index in [2.05, 4.69) is 9.47 Å². The van der Waals surface area contributed by atoms with Crippen molar-refractivity contribution in [3.8, 4) is 0 Å². The van der Waals surface area contributed by atoms with Gasteiger partial charge < -0.3 is 19.7 Å². The third-order valence-corrected chi connectivity index (χ3v) is 7.20. The Hall–Kier alpha value is -2.94. The van der Waals surface area contributed by atoms with Crippen LogP contribution in [0, 0.1) is 0 Å². The number of aliphatic carboxylic acids is 1. The molecule has 0 aliphatic carbocycles. The van der Waals surface area contributed by atoms with Gasteiger partial charge in [-0.15, -0.1) is 0 Å². The number of allylic oxidation sites excluding steroid dienone is 1. The number of rotatable bonds is 25. The first-order valence-electron chi connectivity index (χ1n) is 18.1. The number of hydrogen-bond donors (Lipinski definition) is 2. The number of alkyl halides is 15. The van der Waals surface area contributed by atoms with Gasteiger partial charge in [-0.25, -0.2) is 4.79 Å². The normalized spacial score (nSPS) is 12.4. The second-order valence-electron chi connectivity index (χ2n) is 12.1. The van der Waals surface area contributed by atoms with Crippen molar-refractivity contribution in [3.05, 3.63) is 12.2 Å². The van der Waals surface area contributed by atoms with Crippen LogP contribution in [0.15, 0.2) is 12.2 Å². The monoisotopic (exact) mass is 872 g/mol. The molecule has 0 amide bonds. The largest absolute Gasteiger partial charge is 0.481 e. The summed E-state index contributed by atoms with van der Waals surface area (Å²) >= 11 is 0. The lowest BCUT2D eigenvalue weighted by atomic mass is 10.1. The van der Waals surface area contributed by atoms with Crippen LogP contribution in [0.3, 0.4) is 0 Å². The quantitative estimate of drug-likeness (QED) is 0.0407. The molecule has 0 aromatic heterocycles. The Labute approximate surface area is 322 Å². The molecule has 0 saturated heterocycles. The average molecular weight is 873 g/mol. The fraction of sp³-hybridized carbons (Fsp3) is 0.857. The Morgan fingerprint density at radius 1 is 0.474 bits per heavy atom. The van der Waals surface area contributed by atoms with Crippen LogP contribution in [-0.4, -0.2) is 84.7 Å². The molecule has 22 heteroatoms. The second-order valence-corrected chi connectivity index (χ2v) is 12.1. The number of aliphatic hydroxyl groups is 1. The van der Waals surface area contributed by atoms with Crippen LogP contribution in [0.2, 0.25) is 0 Å². The fourth-order valence-corrected chi connectivity index (χ4v) is 4.11. The summed E-state index contributed by atoms with van der Waals surface area (Å²) < 4.78 is 190. The molecule has 342 valence electrons. The van der Waals surface area contributed by atoms with E-state index < -0.39 is 67.5 Å². The number of hydrogen-bond acceptors (Lipinski definition) is 6. The van der Waals surface area contributed by atoms with Gasteiger partial charge in [0, 0.05) is 45.3 Å². The molecule has 0 aliphatic rings. The minimum absolute atomic E-state index is 0.00128. The molecule has 0 rings (SSSR count). The van der Waals surface area contributed by atoms with E-state index in [9.17, 15) is 80.2 Å². The zero-order valence-corrected chi connectivity index (χ0v) is 32.1. The molecule has 0 spiro atoms. The van der Waals surface area contributed by atoms with Gasteiger partial charge in [0.05, 0.1) is 13.2 Å². The van der Waals surface area contributed by atoms with Crippen LogP contribution in [-0.2, 0) is 23.9 Å². The summed E-state index contributed by atoms with van der Waals surface area (Å²) in [5, 5.41) is 15.3. The van der Waals surface area contributed by atoms with E-state index in [4.69, 9.17) is 10.2 Å². The highest BCUT2D eigenvalue weighted by molar-refractivity contribution is 5.81. The van der Waals surface area contributed by atoms with Gasteiger partial charge in [0.15, 0.2) is 0 Å². The number of carboxylic acids is 1. The predicted octanol–water partition coefficient (Wildman–Crippen LogP) is 12.3. The molecule has 0 unspecified atom stereocenters. The van der Waals surface area contributed by atoms with Crippen molar-refractivity contribution in [1.82, 2.24) is 0 Å². The fourth-order valence-electron chi connectivity index (χ4n) is 4.11. The maximum absolute atomic E-state index is 12.5. The third kappa shape index (κ3) is 34.8. The van der Waals surface area contributed by atoms with Crippen molar-refractivity contribution in [1.29, 1.82) is 0 Å². The molecule has 0 aromatic carbocycles. The Bertz CT molecular complexity index is 1060. The van der Waals surface area contributed by atoms with Crippen LogP contribution in [0.5, 0.6) is 0 Å². The predicted molar refractivity (Wildman–Crippen MR) is 179 cm³/mol. The first-order chi connectivity index (χ1) is 26.1. The molecule has 0 aliphatic heterocycles. The molecule has 7 nitrogen and oxygen atoms in total. The van der Waals surface area contributed by atoms with Gasteiger partial charge in [0.2, 0.25) is 0 Å². The summed E-state index contributed by atoms with van der Waals surface area (Å²) in [6.07, 6.45) is -12.7. The van der Waals surface area contributed by atoms with Crippen LogP contribution >= 0.6 is 0 Å². The minimum atomic E-state index is -5.48. The number of esters is 2. The topological polar surface area (TPSA) is 110 Å². The number of carboxylic acid groups (broad SMARTS) is 1. The molecule has 0 fully saturated rings. The Balaban J connectivity index is -0.000000362. The SMILES string of the molecule is CCOC(=O)/C=C/CCCCCC(F)(F)C(F)(F)F.CCOC(=O)CCCCCCCC(F)(F)C(F)(F)F.CO.O=C(O)CCCCCCCC(F)(F)C(F)(F)F. The smallest absolute Gasteiger partial charge is 0.453 e. The van der Waals surface area contributed by atoms with E-state index in [-0.39, 0.29) is 57.5 Å². The van der Waals surface area contributed by atoms with E-state index in [1.807, 2.05) is 0 Å². The van der Waals surface area contributed by atoms with Crippen molar-refractivity contribution < 1.29 is 99.9 Å². The zero-order valence-electron chi connectivity index (χ0n) is 32.1. The summed E-state index contributed by atoms with van der Waals surface area (Å²) in [6, 6.07) is 0. The summed E-state index contributed by atoms with van der Waals surface area (Å²) in [7, 11) is 1.00. The highest BCUT2D eigenvalue weighted by Gasteiger charge is 2.57. The van der Waals surface area contributed by atoms with Crippen molar-refractivity contribution in [2.45, 2.75) is 172 Å².